The molecule has 0 radical (unpaired) electrons. The summed E-state index contributed by atoms with van der Waals surface area (Å²) in [6.45, 7) is 3.99. The van der Waals surface area contributed by atoms with Crippen LogP contribution in [0.25, 0.3) is 0 Å². The molecule has 0 N–H and O–H groups in total. The van der Waals surface area contributed by atoms with Crippen molar-refractivity contribution in [1.29, 1.82) is 0 Å². The number of benzene rings is 1. The molecule has 0 aliphatic carbocycles. The topological polar surface area (TPSA) is 51.2 Å². The van der Waals surface area contributed by atoms with Gasteiger partial charge in [0.2, 0.25) is 6.79 Å². The third-order valence-corrected chi connectivity index (χ3v) is 5.91. The lowest BCUT2D eigenvalue weighted by atomic mass is 10.1. The minimum atomic E-state index is -0.243. The first-order chi connectivity index (χ1) is 12.3. The maximum Gasteiger partial charge on any atom is 0.251 e. The minimum Gasteiger partial charge on any atom is -0.454 e. The molecule has 4 aliphatic heterocycles. The van der Waals surface area contributed by atoms with Crippen molar-refractivity contribution >= 4 is 5.91 Å². The molecule has 3 fully saturated rings. The lowest BCUT2D eigenvalue weighted by Gasteiger charge is -2.23. The van der Waals surface area contributed by atoms with Crippen molar-refractivity contribution in [2.75, 3.05) is 26.4 Å². The Morgan fingerprint density at radius 1 is 1.12 bits per heavy atom. The van der Waals surface area contributed by atoms with Gasteiger partial charge in [0, 0.05) is 38.6 Å². The van der Waals surface area contributed by atoms with Gasteiger partial charge in [-0.25, -0.2) is 0 Å². The summed E-state index contributed by atoms with van der Waals surface area (Å²) in [6.07, 6.45) is 4.05. The van der Waals surface area contributed by atoms with E-state index in [2.05, 4.69) is 17.0 Å². The SMILES string of the molecule is O=C([C@H]1C[C@H]2[C@H](CCN2Cc2ccc3c(c2)OCO3)O1)N1CCCC1. The zero-order valence-electron chi connectivity index (χ0n) is 14.4. The first kappa shape index (κ1) is 15.5. The standard InChI is InChI=1S/C19H24N2O4/c22-19(20-6-1-2-7-20)18-10-14-15(25-18)5-8-21(14)11-13-3-4-16-17(9-13)24-12-23-16/h3-4,9,14-15,18H,1-2,5-8,10-12H2/t14-,15-,18+/m0/s1. The van der Waals surface area contributed by atoms with Crippen molar-refractivity contribution in [3.8, 4) is 11.5 Å². The molecule has 4 aliphatic rings. The Bertz CT molecular complexity index is 673. The Labute approximate surface area is 147 Å². The van der Waals surface area contributed by atoms with Gasteiger partial charge in [0.1, 0.15) is 6.10 Å². The number of fused-ring (bicyclic) bond motifs is 2. The minimum absolute atomic E-state index is 0.200. The average Bonchev–Trinajstić information content (AvgIpc) is 3.39. The van der Waals surface area contributed by atoms with Crippen LogP contribution >= 0.6 is 0 Å². The molecule has 6 heteroatoms. The summed E-state index contributed by atoms with van der Waals surface area (Å²) < 4.78 is 17.0. The van der Waals surface area contributed by atoms with Gasteiger partial charge in [0.05, 0.1) is 6.10 Å². The lowest BCUT2D eigenvalue weighted by Crippen LogP contribution is -2.38. The fourth-order valence-corrected chi connectivity index (χ4v) is 4.60. The van der Waals surface area contributed by atoms with Crippen molar-refractivity contribution in [3.63, 3.8) is 0 Å². The second kappa shape index (κ2) is 6.18. The van der Waals surface area contributed by atoms with Crippen LogP contribution in [-0.4, -0.2) is 60.4 Å². The fourth-order valence-electron chi connectivity index (χ4n) is 4.60. The summed E-state index contributed by atoms with van der Waals surface area (Å²) in [5.74, 6) is 1.86. The van der Waals surface area contributed by atoms with E-state index >= 15 is 0 Å². The summed E-state index contributed by atoms with van der Waals surface area (Å²) >= 11 is 0. The third-order valence-electron chi connectivity index (χ3n) is 5.91. The highest BCUT2D eigenvalue weighted by Gasteiger charge is 2.46. The number of amides is 1. The zero-order valence-corrected chi connectivity index (χ0v) is 14.4. The maximum atomic E-state index is 12.6. The number of hydrogen-bond acceptors (Lipinski definition) is 5. The van der Waals surface area contributed by atoms with Gasteiger partial charge in [0.25, 0.3) is 5.91 Å². The number of rotatable bonds is 3. The molecular weight excluding hydrogens is 320 g/mol. The van der Waals surface area contributed by atoms with Crippen LogP contribution in [-0.2, 0) is 16.1 Å². The van der Waals surface area contributed by atoms with Crippen molar-refractivity contribution in [2.24, 2.45) is 0 Å². The van der Waals surface area contributed by atoms with Crippen LogP contribution in [0.4, 0.5) is 0 Å². The Hall–Kier alpha value is -1.79. The molecule has 0 saturated carbocycles. The number of hydrogen-bond donors (Lipinski definition) is 0. The van der Waals surface area contributed by atoms with E-state index in [0.29, 0.717) is 12.8 Å². The number of nitrogens with zero attached hydrogens (tertiary/aromatic N) is 2. The van der Waals surface area contributed by atoms with Crippen molar-refractivity contribution < 1.29 is 19.0 Å². The van der Waals surface area contributed by atoms with Gasteiger partial charge in [-0.2, -0.15) is 0 Å². The molecule has 3 saturated heterocycles. The highest BCUT2D eigenvalue weighted by molar-refractivity contribution is 5.81. The van der Waals surface area contributed by atoms with E-state index in [1.54, 1.807) is 0 Å². The Kier molecular flexibility index (Phi) is 3.82. The van der Waals surface area contributed by atoms with E-state index in [9.17, 15) is 4.79 Å². The molecule has 0 aromatic heterocycles. The lowest BCUT2D eigenvalue weighted by molar-refractivity contribution is -0.141. The molecule has 1 aromatic carbocycles. The van der Waals surface area contributed by atoms with E-state index in [4.69, 9.17) is 14.2 Å². The van der Waals surface area contributed by atoms with E-state index in [-0.39, 0.29) is 18.1 Å². The Morgan fingerprint density at radius 3 is 2.84 bits per heavy atom. The molecule has 4 heterocycles. The first-order valence-corrected chi connectivity index (χ1v) is 9.35. The summed E-state index contributed by atoms with van der Waals surface area (Å²) in [6, 6.07) is 6.50. The summed E-state index contributed by atoms with van der Waals surface area (Å²) in [5.41, 5.74) is 1.22. The number of ether oxygens (including phenoxy) is 3. The van der Waals surface area contributed by atoms with Crippen molar-refractivity contribution in [3.05, 3.63) is 23.8 Å². The summed E-state index contributed by atoms with van der Waals surface area (Å²) in [5, 5.41) is 0. The van der Waals surface area contributed by atoms with Gasteiger partial charge < -0.3 is 19.1 Å². The van der Waals surface area contributed by atoms with Crippen molar-refractivity contribution in [1.82, 2.24) is 9.80 Å². The molecule has 0 bridgehead atoms. The third kappa shape index (κ3) is 2.77. The second-order valence-electron chi connectivity index (χ2n) is 7.45. The Morgan fingerprint density at radius 2 is 1.96 bits per heavy atom. The Balaban J connectivity index is 1.25. The predicted molar refractivity (Wildman–Crippen MR) is 90.5 cm³/mol. The number of carbonyl (C=O) groups excluding carboxylic acids is 1. The van der Waals surface area contributed by atoms with Crippen molar-refractivity contribution in [2.45, 2.75) is 50.5 Å². The van der Waals surface area contributed by atoms with Crippen LogP contribution in [0.5, 0.6) is 11.5 Å². The van der Waals surface area contributed by atoms with Crippen LogP contribution in [0.15, 0.2) is 18.2 Å². The molecule has 25 heavy (non-hydrogen) atoms. The number of carbonyl (C=O) groups is 1. The molecule has 0 spiro atoms. The van der Waals surface area contributed by atoms with Crippen LogP contribution in [0.1, 0.15) is 31.2 Å². The zero-order chi connectivity index (χ0) is 16.8. The fraction of sp³-hybridized carbons (Fsp3) is 0.632. The summed E-state index contributed by atoms with van der Waals surface area (Å²) in [4.78, 5) is 17.1. The van der Waals surface area contributed by atoms with Gasteiger partial charge in [-0.15, -0.1) is 0 Å². The van der Waals surface area contributed by atoms with Gasteiger partial charge in [-0.3, -0.25) is 9.69 Å². The molecule has 0 unspecified atom stereocenters. The van der Waals surface area contributed by atoms with Gasteiger partial charge >= 0.3 is 0 Å². The highest BCUT2D eigenvalue weighted by atomic mass is 16.7. The van der Waals surface area contributed by atoms with E-state index < -0.39 is 0 Å². The normalized spacial score (nSPS) is 30.9. The van der Waals surface area contributed by atoms with Gasteiger partial charge in [-0.1, -0.05) is 6.07 Å². The largest absolute Gasteiger partial charge is 0.454 e. The monoisotopic (exact) mass is 344 g/mol. The van der Waals surface area contributed by atoms with Gasteiger partial charge in [-0.05, 0) is 37.0 Å². The molecule has 1 amide bonds. The summed E-state index contributed by atoms with van der Waals surface area (Å²) in [7, 11) is 0. The number of likely N-dealkylation sites (tertiary alicyclic amines) is 2. The van der Waals surface area contributed by atoms with E-state index in [1.807, 2.05) is 11.0 Å². The smallest absolute Gasteiger partial charge is 0.251 e. The highest BCUT2D eigenvalue weighted by Crippen LogP contribution is 2.37. The quantitative estimate of drug-likeness (QED) is 0.836. The molecular formula is C19H24N2O4. The van der Waals surface area contributed by atoms with Gasteiger partial charge in [0.15, 0.2) is 11.5 Å². The molecule has 134 valence electrons. The predicted octanol–water partition coefficient (Wildman–Crippen LogP) is 1.77. The molecule has 6 nitrogen and oxygen atoms in total. The molecule has 5 rings (SSSR count). The maximum absolute atomic E-state index is 12.6. The van der Waals surface area contributed by atoms with E-state index in [0.717, 1.165) is 63.4 Å². The van der Waals surface area contributed by atoms with E-state index in [1.165, 1.54) is 5.56 Å². The molecule has 3 atom stereocenters. The average molecular weight is 344 g/mol. The van der Waals surface area contributed by atoms with Crippen LogP contribution in [0.3, 0.4) is 0 Å². The van der Waals surface area contributed by atoms with Crippen LogP contribution < -0.4 is 9.47 Å². The van der Waals surface area contributed by atoms with Crippen LogP contribution in [0.2, 0.25) is 0 Å². The molecule has 1 aromatic rings. The first-order valence-electron chi connectivity index (χ1n) is 9.35. The van der Waals surface area contributed by atoms with Crippen LogP contribution in [0, 0.1) is 0 Å². The second-order valence-corrected chi connectivity index (χ2v) is 7.45.